The summed E-state index contributed by atoms with van der Waals surface area (Å²) < 4.78 is 0. The molecule has 1 aliphatic carbocycles. The molecule has 1 N–H and O–H groups in total. The summed E-state index contributed by atoms with van der Waals surface area (Å²) in [6, 6.07) is 1.35. The van der Waals surface area contributed by atoms with Crippen LogP contribution >= 0.6 is 0 Å². The van der Waals surface area contributed by atoms with Crippen molar-refractivity contribution in [3.05, 3.63) is 0 Å². The molecule has 2 rings (SSSR count). The van der Waals surface area contributed by atoms with Crippen LogP contribution in [-0.4, -0.2) is 36.6 Å². The van der Waals surface area contributed by atoms with E-state index in [-0.39, 0.29) is 0 Å². The van der Waals surface area contributed by atoms with Gasteiger partial charge in [0.2, 0.25) is 0 Å². The molecule has 2 atom stereocenters. The molecule has 2 fully saturated rings. The lowest BCUT2D eigenvalue weighted by Crippen LogP contribution is -2.60. The van der Waals surface area contributed by atoms with Crippen molar-refractivity contribution in [2.75, 3.05) is 19.6 Å². The third-order valence-corrected chi connectivity index (χ3v) is 4.99. The summed E-state index contributed by atoms with van der Waals surface area (Å²) >= 11 is 0. The number of rotatable bonds is 3. The molecule has 1 aliphatic heterocycles. The van der Waals surface area contributed by atoms with Gasteiger partial charge in [-0.3, -0.25) is 4.90 Å². The molecule has 0 spiro atoms. The first-order chi connectivity index (χ1) is 7.86. The van der Waals surface area contributed by atoms with Crippen molar-refractivity contribution in [3.63, 3.8) is 0 Å². The average molecular weight is 238 g/mol. The standard InChI is InChI=1S/C15H30N2/c1-6-15(7-8-15)11-17-10-13(14(3,4)5)16-9-12(17)2/h12-13,16H,6-11H2,1-5H3. The Balaban J connectivity index is 1.95. The van der Waals surface area contributed by atoms with Gasteiger partial charge < -0.3 is 5.32 Å². The van der Waals surface area contributed by atoms with Gasteiger partial charge in [0.1, 0.15) is 0 Å². The average Bonchev–Trinajstić information content (AvgIpc) is 3.00. The summed E-state index contributed by atoms with van der Waals surface area (Å²) in [6.07, 6.45) is 4.28. The Kier molecular flexibility index (Phi) is 3.57. The third kappa shape index (κ3) is 3.03. The number of piperazine rings is 1. The number of hydrogen-bond acceptors (Lipinski definition) is 2. The van der Waals surface area contributed by atoms with Crippen LogP contribution in [0, 0.1) is 10.8 Å². The van der Waals surface area contributed by atoms with E-state index in [9.17, 15) is 0 Å². The number of nitrogens with zero attached hydrogens (tertiary/aromatic N) is 1. The Hall–Kier alpha value is -0.0800. The van der Waals surface area contributed by atoms with Crippen LogP contribution in [-0.2, 0) is 0 Å². The second-order valence-corrected chi connectivity index (χ2v) is 7.46. The molecule has 0 radical (unpaired) electrons. The molecule has 0 aromatic heterocycles. The minimum atomic E-state index is 0.376. The maximum atomic E-state index is 3.72. The van der Waals surface area contributed by atoms with E-state index in [1.165, 1.54) is 32.4 Å². The third-order valence-electron chi connectivity index (χ3n) is 4.99. The van der Waals surface area contributed by atoms with Gasteiger partial charge in [0.15, 0.2) is 0 Å². The van der Waals surface area contributed by atoms with Crippen LogP contribution in [0.15, 0.2) is 0 Å². The predicted molar refractivity (Wildman–Crippen MR) is 74.2 cm³/mol. The van der Waals surface area contributed by atoms with E-state index >= 15 is 0 Å². The molecule has 2 heteroatoms. The van der Waals surface area contributed by atoms with Crippen LogP contribution in [0.5, 0.6) is 0 Å². The molecule has 0 aromatic carbocycles. The molecule has 2 unspecified atom stereocenters. The summed E-state index contributed by atoms with van der Waals surface area (Å²) in [6.45, 7) is 15.5. The summed E-state index contributed by atoms with van der Waals surface area (Å²) in [7, 11) is 0. The van der Waals surface area contributed by atoms with Gasteiger partial charge in [0.25, 0.3) is 0 Å². The monoisotopic (exact) mass is 238 g/mol. The van der Waals surface area contributed by atoms with Crippen molar-refractivity contribution in [1.29, 1.82) is 0 Å². The minimum Gasteiger partial charge on any atom is -0.311 e. The van der Waals surface area contributed by atoms with Gasteiger partial charge in [-0.05, 0) is 37.0 Å². The van der Waals surface area contributed by atoms with Crippen LogP contribution in [0.4, 0.5) is 0 Å². The molecule has 0 aromatic rings. The fourth-order valence-electron chi connectivity index (χ4n) is 2.95. The highest BCUT2D eigenvalue weighted by Crippen LogP contribution is 2.49. The Morgan fingerprint density at radius 3 is 2.41 bits per heavy atom. The van der Waals surface area contributed by atoms with E-state index in [0.717, 1.165) is 6.54 Å². The van der Waals surface area contributed by atoms with Crippen LogP contribution in [0.25, 0.3) is 0 Å². The van der Waals surface area contributed by atoms with Crippen molar-refractivity contribution >= 4 is 0 Å². The second-order valence-electron chi connectivity index (χ2n) is 7.46. The maximum absolute atomic E-state index is 3.72. The summed E-state index contributed by atoms with van der Waals surface area (Å²) in [4.78, 5) is 2.74. The Labute approximate surface area is 107 Å². The zero-order valence-electron chi connectivity index (χ0n) is 12.3. The van der Waals surface area contributed by atoms with E-state index in [1.54, 1.807) is 0 Å². The van der Waals surface area contributed by atoms with Crippen LogP contribution in [0.2, 0.25) is 0 Å². The molecule has 0 amide bonds. The first-order valence-electron chi connectivity index (χ1n) is 7.34. The highest BCUT2D eigenvalue weighted by Gasteiger charge is 2.44. The fourth-order valence-corrected chi connectivity index (χ4v) is 2.95. The summed E-state index contributed by atoms with van der Waals surface area (Å²) in [5, 5.41) is 3.72. The summed E-state index contributed by atoms with van der Waals surface area (Å²) in [5.41, 5.74) is 1.06. The molecular formula is C15H30N2. The largest absolute Gasteiger partial charge is 0.311 e. The van der Waals surface area contributed by atoms with Gasteiger partial charge >= 0.3 is 0 Å². The maximum Gasteiger partial charge on any atom is 0.0244 e. The van der Waals surface area contributed by atoms with Gasteiger partial charge in [-0.15, -0.1) is 0 Å². The van der Waals surface area contributed by atoms with Crippen LogP contribution in [0.3, 0.4) is 0 Å². The number of hydrogen-bond donors (Lipinski definition) is 1. The molecule has 2 aliphatic rings. The Morgan fingerprint density at radius 2 is 1.94 bits per heavy atom. The SMILES string of the molecule is CCC1(CN2CC(C(C)(C)C)NCC2C)CC1. The van der Waals surface area contributed by atoms with Crippen LogP contribution < -0.4 is 5.32 Å². The van der Waals surface area contributed by atoms with Gasteiger partial charge in [0, 0.05) is 31.7 Å². The van der Waals surface area contributed by atoms with Crippen molar-refractivity contribution in [1.82, 2.24) is 10.2 Å². The molecule has 17 heavy (non-hydrogen) atoms. The zero-order valence-corrected chi connectivity index (χ0v) is 12.3. The lowest BCUT2D eigenvalue weighted by atomic mass is 9.84. The van der Waals surface area contributed by atoms with E-state index in [4.69, 9.17) is 0 Å². The van der Waals surface area contributed by atoms with Gasteiger partial charge in [-0.1, -0.05) is 27.7 Å². The quantitative estimate of drug-likeness (QED) is 0.813. The topological polar surface area (TPSA) is 15.3 Å². The smallest absolute Gasteiger partial charge is 0.0244 e. The first-order valence-corrected chi connectivity index (χ1v) is 7.34. The molecule has 2 nitrogen and oxygen atoms in total. The fraction of sp³-hybridized carbons (Fsp3) is 1.00. The summed E-state index contributed by atoms with van der Waals surface area (Å²) in [5.74, 6) is 0. The van der Waals surface area contributed by atoms with Crippen molar-refractivity contribution in [3.8, 4) is 0 Å². The zero-order chi connectivity index (χ0) is 12.7. The van der Waals surface area contributed by atoms with Gasteiger partial charge in [0.05, 0.1) is 0 Å². The van der Waals surface area contributed by atoms with Crippen molar-refractivity contribution in [2.24, 2.45) is 10.8 Å². The first kappa shape index (κ1) is 13.4. The van der Waals surface area contributed by atoms with Crippen molar-refractivity contribution < 1.29 is 0 Å². The molecule has 1 saturated heterocycles. The highest BCUT2D eigenvalue weighted by atomic mass is 15.2. The van der Waals surface area contributed by atoms with E-state index in [0.29, 0.717) is 22.9 Å². The Bertz CT molecular complexity index is 263. The lowest BCUT2D eigenvalue weighted by Gasteiger charge is -2.45. The molecule has 0 bridgehead atoms. The van der Waals surface area contributed by atoms with Gasteiger partial charge in [-0.2, -0.15) is 0 Å². The highest BCUT2D eigenvalue weighted by molar-refractivity contribution is 4.98. The van der Waals surface area contributed by atoms with Crippen molar-refractivity contribution in [2.45, 2.75) is 66.0 Å². The molecular weight excluding hydrogens is 208 g/mol. The Morgan fingerprint density at radius 1 is 1.29 bits per heavy atom. The molecule has 1 heterocycles. The molecule has 100 valence electrons. The second kappa shape index (κ2) is 4.55. The normalized spacial score (nSPS) is 33.7. The predicted octanol–water partition coefficient (Wildman–Crippen LogP) is 2.89. The van der Waals surface area contributed by atoms with Crippen LogP contribution in [0.1, 0.15) is 53.9 Å². The van der Waals surface area contributed by atoms with E-state index < -0.39 is 0 Å². The molecule has 1 saturated carbocycles. The lowest BCUT2D eigenvalue weighted by molar-refractivity contribution is 0.0745. The minimum absolute atomic E-state index is 0.376. The van der Waals surface area contributed by atoms with E-state index in [1.807, 2.05) is 0 Å². The van der Waals surface area contributed by atoms with Gasteiger partial charge in [-0.25, -0.2) is 0 Å². The van der Waals surface area contributed by atoms with E-state index in [2.05, 4.69) is 44.8 Å². The number of nitrogens with one attached hydrogen (secondary N) is 1.